The molecular weight excluding hydrogens is 725 g/mol. The molecule has 0 radical (unpaired) electrons. The smallest absolute Gasteiger partial charge is 0.264 e. The van der Waals surface area contributed by atoms with E-state index in [4.69, 9.17) is 0 Å². The average molecular weight is 770 g/mol. The van der Waals surface area contributed by atoms with Crippen molar-refractivity contribution in [2.45, 2.75) is 39.0 Å². The highest BCUT2D eigenvalue weighted by Gasteiger charge is 2.45. The van der Waals surface area contributed by atoms with E-state index < -0.39 is 41.7 Å². The first-order chi connectivity index (χ1) is 26.9. The molecule has 2 aromatic carbocycles. The average Bonchev–Trinajstić information content (AvgIpc) is 3.73. The number of aromatic nitrogens is 1. The van der Waals surface area contributed by atoms with Gasteiger partial charge < -0.3 is 26.0 Å². The van der Waals surface area contributed by atoms with E-state index in [9.17, 15) is 38.3 Å². The van der Waals surface area contributed by atoms with Crippen molar-refractivity contribution in [3.63, 3.8) is 0 Å². The van der Waals surface area contributed by atoms with E-state index in [1.54, 1.807) is 18.2 Å². The minimum atomic E-state index is -1.05. The van der Waals surface area contributed by atoms with Crippen LogP contribution in [0.25, 0.3) is 11.6 Å². The number of H-pyrrole nitrogens is 1. The molecule has 6 amide bonds. The lowest BCUT2D eigenvalue weighted by Gasteiger charge is -2.34. The zero-order valence-electron chi connectivity index (χ0n) is 31.1. The van der Waals surface area contributed by atoms with Crippen molar-refractivity contribution in [1.29, 1.82) is 0 Å². The highest BCUT2D eigenvalue weighted by Crippen LogP contribution is 2.35. The van der Waals surface area contributed by atoms with E-state index in [1.165, 1.54) is 24.3 Å². The summed E-state index contributed by atoms with van der Waals surface area (Å²) in [4.78, 5) is 84.2. The number of nitrogens with zero attached hydrogens (tertiary/aromatic N) is 3. The van der Waals surface area contributed by atoms with Crippen molar-refractivity contribution in [2.24, 2.45) is 0 Å². The SMILES string of the molecule is Cc1[nH]c(/C=C2\C(=O)Nc3ccc(F)cc32)c(C)c1C(O)NCCN1CCN(CC(=O)NCCNc2cccc3c2C(=O)N(C2CCC(=O)NC2=O)C3=O)CC1. The molecule has 5 heterocycles. The van der Waals surface area contributed by atoms with Crippen LogP contribution in [0.1, 0.15) is 67.9 Å². The topological polar surface area (TPSA) is 208 Å². The Morgan fingerprint density at radius 2 is 1.73 bits per heavy atom. The van der Waals surface area contributed by atoms with Crippen molar-refractivity contribution in [1.82, 2.24) is 35.6 Å². The Morgan fingerprint density at radius 1 is 0.964 bits per heavy atom. The van der Waals surface area contributed by atoms with Gasteiger partial charge in [0.2, 0.25) is 17.7 Å². The van der Waals surface area contributed by atoms with Crippen LogP contribution in [0.4, 0.5) is 15.8 Å². The summed E-state index contributed by atoms with van der Waals surface area (Å²) in [5.41, 5.74) is 5.03. The molecule has 0 saturated carbocycles. The number of imide groups is 2. The van der Waals surface area contributed by atoms with E-state index >= 15 is 0 Å². The number of carbonyl (C=O) groups is 6. The predicted octanol–water partition coefficient (Wildman–Crippen LogP) is 1.09. The molecule has 17 heteroatoms. The number of carbonyl (C=O) groups excluding carboxylic acids is 6. The largest absolute Gasteiger partial charge is 0.383 e. The molecule has 2 atom stereocenters. The van der Waals surface area contributed by atoms with Crippen molar-refractivity contribution in [3.8, 4) is 0 Å². The lowest BCUT2D eigenvalue weighted by atomic mass is 10.0. The van der Waals surface area contributed by atoms with Crippen molar-refractivity contribution in [3.05, 3.63) is 81.4 Å². The number of aliphatic hydroxyl groups excluding tert-OH is 1. The summed E-state index contributed by atoms with van der Waals surface area (Å²) >= 11 is 0. The maximum absolute atomic E-state index is 13.9. The normalized spacial score (nSPS) is 19.9. The van der Waals surface area contributed by atoms with Gasteiger partial charge in [-0.2, -0.15) is 0 Å². The Kier molecular flexibility index (Phi) is 11.1. The van der Waals surface area contributed by atoms with Crippen LogP contribution in [0.3, 0.4) is 0 Å². The molecule has 3 aromatic rings. The van der Waals surface area contributed by atoms with Crippen molar-refractivity contribution in [2.75, 3.05) is 69.5 Å². The molecule has 16 nitrogen and oxygen atoms in total. The van der Waals surface area contributed by atoms with Crippen LogP contribution in [0, 0.1) is 19.7 Å². The number of rotatable bonds is 13. The second kappa shape index (κ2) is 16.2. The van der Waals surface area contributed by atoms with Crippen LogP contribution < -0.4 is 26.6 Å². The second-order valence-electron chi connectivity index (χ2n) is 14.3. The van der Waals surface area contributed by atoms with Gasteiger partial charge in [-0.05, 0) is 62.2 Å². The van der Waals surface area contributed by atoms with Crippen LogP contribution in [0.5, 0.6) is 0 Å². The third-order valence-corrected chi connectivity index (χ3v) is 10.7. The van der Waals surface area contributed by atoms with Crippen LogP contribution in [0.2, 0.25) is 0 Å². The molecule has 0 bridgehead atoms. The lowest BCUT2D eigenvalue weighted by Crippen LogP contribution is -2.54. The minimum Gasteiger partial charge on any atom is -0.383 e. The number of hydrogen-bond acceptors (Lipinski definition) is 11. The third-order valence-electron chi connectivity index (χ3n) is 10.7. The van der Waals surface area contributed by atoms with E-state index in [1.807, 2.05) is 13.8 Å². The van der Waals surface area contributed by atoms with Gasteiger partial charge in [-0.3, -0.25) is 54.1 Å². The Balaban J connectivity index is 0.820. The Hall–Kier alpha value is -5.75. The monoisotopic (exact) mass is 769 g/mol. The molecule has 7 rings (SSSR count). The van der Waals surface area contributed by atoms with Crippen LogP contribution in [-0.4, -0.2) is 125 Å². The fourth-order valence-electron chi connectivity index (χ4n) is 7.74. The highest BCUT2D eigenvalue weighted by atomic mass is 19.1. The number of fused-ring (bicyclic) bond motifs is 2. The molecule has 2 unspecified atom stereocenters. The summed E-state index contributed by atoms with van der Waals surface area (Å²) in [5, 5.41) is 25.2. The number of amides is 6. The number of nitrogens with one attached hydrogen (secondary N) is 6. The van der Waals surface area contributed by atoms with Gasteiger partial charge in [0.05, 0.1) is 23.2 Å². The summed E-state index contributed by atoms with van der Waals surface area (Å²) in [5.74, 6) is -3.19. The Bertz CT molecular complexity index is 2140. The number of aromatic amines is 1. The first-order valence-corrected chi connectivity index (χ1v) is 18.6. The van der Waals surface area contributed by atoms with E-state index in [-0.39, 0.29) is 48.9 Å². The number of piperazine rings is 1. The molecule has 7 N–H and O–H groups in total. The molecule has 4 aliphatic rings. The molecule has 294 valence electrons. The maximum Gasteiger partial charge on any atom is 0.264 e. The van der Waals surface area contributed by atoms with Crippen LogP contribution in [-0.2, 0) is 19.2 Å². The molecule has 2 saturated heterocycles. The van der Waals surface area contributed by atoms with Crippen molar-refractivity contribution >= 4 is 58.5 Å². The fraction of sp³-hybridized carbons (Fsp3) is 0.385. The molecule has 2 fully saturated rings. The third kappa shape index (κ3) is 7.84. The van der Waals surface area contributed by atoms with Crippen LogP contribution in [0.15, 0.2) is 36.4 Å². The van der Waals surface area contributed by atoms with Gasteiger partial charge in [0, 0.05) is 92.7 Å². The van der Waals surface area contributed by atoms with Gasteiger partial charge >= 0.3 is 0 Å². The van der Waals surface area contributed by atoms with E-state index in [0.29, 0.717) is 66.5 Å². The number of benzene rings is 2. The molecule has 0 aliphatic carbocycles. The van der Waals surface area contributed by atoms with Gasteiger partial charge in [0.15, 0.2) is 0 Å². The summed E-state index contributed by atoms with van der Waals surface area (Å²) in [6.07, 6.45) is 0.846. The molecule has 1 aromatic heterocycles. The summed E-state index contributed by atoms with van der Waals surface area (Å²) in [6.45, 7) is 8.60. The quantitative estimate of drug-likeness (QED) is 0.0567. The number of hydrogen-bond donors (Lipinski definition) is 7. The molecule has 0 spiro atoms. The van der Waals surface area contributed by atoms with Gasteiger partial charge in [0.25, 0.3) is 17.7 Å². The molecular formula is C39H44FN9O7. The lowest BCUT2D eigenvalue weighted by molar-refractivity contribution is -0.136. The number of aliphatic hydroxyl groups is 1. The minimum absolute atomic E-state index is 0.0383. The Labute approximate surface area is 321 Å². The number of halogens is 1. The van der Waals surface area contributed by atoms with E-state index in [2.05, 4.69) is 41.4 Å². The number of aryl methyl sites for hydroxylation is 1. The standard InChI is InChI=1S/C39H44FN9O7/c1-21-29(19-26-25-18-23(40)6-7-27(25)45-35(26)52)44-22(2)33(21)37(54)43-12-13-47-14-16-48(17-15-47)20-32(51)42-11-10-41-28-5-3-4-24-34(28)39(56)49(38(24)55)30-8-9-31(50)46-36(30)53/h3-7,18-19,30,37,41,43-44,54H,8-17,20H2,1-2H3,(H,42,51)(H,45,52)(H,46,50,53)/b26-19-. The second-order valence-corrected chi connectivity index (χ2v) is 14.3. The van der Waals surface area contributed by atoms with Gasteiger partial charge in [0.1, 0.15) is 18.1 Å². The van der Waals surface area contributed by atoms with E-state index in [0.717, 1.165) is 29.2 Å². The summed E-state index contributed by atoms with van der Waals surface area (Å²) in [6, 6.07) is 7.94. The number of anilines is 2. The van der Waals surface area contributed by atoms with Gasteiger partial charge in [-0.25, -0.2) is 4.39 Å². The summed E-state index contributed by atoms with van der Waals surface area (Å²) < 4.78 is 13.9. The van der Waals surface area contributed by atoms with Gasteiger partial charge in [-0.15, -0.1) is 0 Å². The zero-order valence-corrected chi connectivity index (χ0v) is 31.1. The zero-order chi connectivity index (χ0) is 39.7. The van der Waals surface area contributed by atoms with Crippen molar-refractivity contribution < 1.29 is 38.3 Å². The first kappa shape index (κ1) is 38.5. The first-order valence-electron chi connectivity index (χ1n) is 18.6. The van der Waals surface area contributed by atoms with Crippen LogP contribution >= 0.6 is 0 Å². The Morgan fingerprint density at radius 3 is 2.50 bits per heavy atom. The number of piperidine rings is 1. The molecule has 56 heavy (non-hydrogen) atoms. The van der Waals surface area contributed by atoms with Gasteiger partial charge in [-0.1, -0.05) is 6.07 Å². The fourth-order valence-corrected chi connectivity index (χ4v) is 7.74. The predicted molar refractivity (Wildman–Crippen MR) is 204 cm³/mol. The maximum atomic E-state index is 13.9. The summed E-state index contributed by atoms with van der Waals surface area (Å²) in [7, 11) is 0. The molecule has 4 aliphatic heterocycles. The highest BCUT2D eigenvalue weighted by molar-refractivity contribution is 6.35.